The zero-order valence-electron chi connectivity index (χ0n) is 16.3. The maximum absolute atomic E-state index is 12.8. The number of hydrogen-bond acceptors (Lipinski definition) is 4. The van der Waals surface area contributed by atoms with E-state index < -0.39 is 0 Å². The van der Waals surface area contributed by atoms with Crippen molar-refractivity contribution in [2.45, 2.75) is 26.9 Å². The van der Waals surface area contributed by atoms with Crippen molar-refractivity contribution in [2.75, 3.05) is 0 Å². The van der Waals surface area contributed by atoms with Gasteiger partial charge in [0.15, 0.2) is 5.65 Å². The van der Waals surface area contributed by atoms with E-state index in [1.54, 1.807) is 4.68 Å². The fraction of sp³-hybridized carbons (Fsp3) is 0.182. The lowest BCUT2D eigenvalue weighted by Crippen LogP contribution is -2.32. The Bertz CT molecular complexity index is 1240. The summed E-state index contributed by atoms with van der Waals surface area (Å²) in [6, 6.07) is 15.5. The van der Waals surface area contributed by atoms with Crippen molar-refractivity contribution in [1.29, 1.82) is 0 Å². The molecule has 0 aliphatic carbocycles. The Morgan fingerprint density at radius 1 is 1.07 bits per heavy atom. The van der Waals surface area contributed by atoms with Crippen molar-refractivity contribution >= 4 is 16.9 Å². The van der Waals surface area contributed by atoms with E-state index >= 15 is 0 Å². The number of amides is 1. The number of aromatic nitrogens is 4. The van der Waals surface area contributed by atoms with Gasteiger partial charge in [0.2, 0.25) is 5.91 Å². The Morgan fingerprint density at radius 2 is 1.86 bits per heavy atom. The third-order valence-electron chi connectivity index (χ3n) is 5.01. The lowest BCUT2D eigenvalue weighted by Gasteiger charge is -2.10. The molecule has 0 unspecified atom stereocenters. The second-order valence-electron chi connectivity index (χ2n) is 6.95. The van der Waals surface area contributed by atoms with Crippen LogP contribution in [0.25, 0.3) is 16.7 Å². The summed E-state index contributed by atoms with van der Waals surface area (Å²) in [7, 11) is 0. The van der Waals surface area contributed by atoms with Gasteiger partial charge in [-0.2, -0.15) is 5.10 Å². The number of benzene rings is 2. The first-order chi connectivity index (χ1) is 14.0. The Morgan fingerprint density at radius 3 is 2.66 bits per heavy atom. The van der Waals surface area contributed by atoms with E-state index in [0.29, 0.717) is 17.6 Å². The zero-order valence-corrected chi connectivity index (χ0v) is 16.3. The summed E-state index contributed by atoms with van der Waals surface area (Å²) in [5.74, 6) is -0.251. The highest BCUT2D eigenvalue weighted by Crippen LogP contribution is 2.19. The highest BCUT2D eigenvalue weighted by atomic mass is 16.2. The molecular weight excluding hydrogens is 366 g/mol. The van der Waals surface area contributed by atoms with Crippen LogP contribution in [0.15, 0.2) is 65.8 Å². The molecule has 0 spiro atoms. The summed E-state index contributed by atoms with van der Waals surface area (Å²) in [5, 5.41) is 7.56. The molecule has 2 heterocycles. The van der Waals surface area contributed by atoms with Crippen LogP contribution < -0.4 is 10.9 Å². The number of fused-ring (bicyclic) bond motifs is 1. The van der Waals surface area contributed by atoms with Crippen LogP contribution in [0.5, 0.6) is 0 Å². The molecule has 29 heavy (non-hydrogen) atoms. The molecule has 0 atom stereocenters. The van der Waals surface area contributed by atoms with Crippen LogP contribution in [0.2, 0.25) is 0 Å². The van der Waals surface area contributed by atoms with E-state index in [1.807, 2.05) is 62.4 Å². The molecule has 0 bridgehead atoms. The topological polar surface area (TPSA) is 81.8 Å². The van der Waals surface area contributed by atoms with Crippen LogP contribution in [0.4, 0.5) is 0 Å². The van der Waals surface area contributed by atoms with Crippen LogP contribution >= 0.6 is 0 Å². The van der Waals surface area contributed by atoms with Gasteiger partial charge < -0.3 is 5.32 Å². The van der Waals surface area contributed by atoms with Crippen molar-refractivity contribution in [3.05, 3.63) is 88.1 Å². The van der Waals surface area contributed by atoms with E-state index in [9.17, 15) is 9.59 Å². The minimum atomic E-state index is -0.290. The van der Waals surface area contributed by atoms with Gasteiger partial charge in [0.25, 0.3) is 5.56 Å². The van der Waals surface area contributed by atoms with Gasteiger partial charge in [-0.1, -0.05) is 42.5 Å². The second kappa shape index (κ2) is 7.71. The number of hydrogen-bond donors (Lipinski definition) is 1. The van der Waals surface area contributed by atoms with Crippen LogP contribution in [0.1, 0.15) is 16.7 Å². The molecule has 146 valence electrons. The Kier molecular flexibility index (Phi) is 4.95. The van der Waals surface area contributed by atoms with E-state index in [-0.39, 0.29) is 18.0 Å². The van der Waals surface area contributed by atoms with Gasteiger partial charge in [-0.15, -0.1) is 0 Å². The van der Waals surface area contributed by atoms with Gasteiger partial charge in [-0.3, -0.25) is 14.2 Å². The zero-order chi connectivity index (χ0) is 20.4. The fourth-order valence-corrected chi connectivity index (χ4v) is 3.21. The number of nitrogens with one attached hydrogen (secondary N) is 1. The average molecular weight is 387 g/mol. The molecular formula is C22H21N5O2. The first-order valence-corrected chi connectivity index (χ1v) is 9.35. The van der Waals surface area contributed by atoms with E-state index in [2.05, 4.69) is 15.4 Å². The quantitative estimate of drug-likeness (QED) is 0.570. The van der Waals surface area contributed by atoms with Crippen LogP contribution in [-0.2, 0) is 17.9 Å². The molecule has 2 aromatic carbocycles. The standard InChI is InChI=1S/C22H21N5O2/c1-15-7-6-10-19(16(15)2)27-21-18(12-25-27)22(29)26(14-24-21)13-20(28)23-11-17-8-4-3-5-9-17/h3-10,12,14H,11,13H2,1-2H3,(H,23,28). The first kappa shape index (κ1) is 18.6. The second-order valence-corrected chi connectivity index (χ2v) is 6.95. The summed E-state index contributed by atoms with van der Waals surface area (Å²) in [6.07, 6.45) is 2.90. The summed E-state index contributed by atoms with van der Waals surface area (Å²) in [4.78, 5) is 29.5. The SMILES string of the molecule is Cc1cccc(-n2ncc3c(=O)n(CC(=O)NCc4ccccc4)cnc32)c1C. The molecule has 0 aliphatic heterocycles. The maximum atomic E-state index is 12.8. The van der Waals surface area contributed by atoms with Gasteiger partial charge in [0.05, 0.1) is 11.9 Å². The molecule has 4 aromatic rings. The van der Waals surface area contributed by atoms with E-state index in [4.69, 9.17) is 0 Å². The van der Waals surface area contributed by atoms with Crippen molar-refractivity contribution in [1.82, 2.24) is 24.6 Å². The molecule has 1 N–H and O–H groups in total. The number of carbonyl (C=O) groups excluding carboxylic acids is 1. The Balaban J connectivity index is 1.58. The number of aryl methyl sites for hydroxylation is 1. The molecule has 2 aromatic heterocycles. The van der Waals surface area contributed by atoms with Crippen molar-refractivity contribution in [3.63, 3.8) is 0 Å². The lowest BCUT2D eigenvalue weighted by atomic mass is 10.1. The van der Waals surface area contributed by atoms with Gasteiger partial charge >= 0.3 is 0 Å². The highest BCUT2D eigenvalue weighted by molar-refractivity contribution is 5.78. The smallest absolute Gasteiger partial charge is 0.264 e. The average Bonchev–Trinajstić information content (AvgIpc) is 3.16. The molecule has 0 saturated carbocycles. The molecule has 0 fully saturated rings. The monoisotopic (exact) mass is 387 g/mol. The molecule has 0 aliphatic rings. The normalized spacial score (nSPS) is 11.0. The van der Waals surface area contributed by atoms with E-state index in [1.165, 1.54) is 17.1 Å². The number of nitrogens with zero attached hydrogens (tertiary/aromatic N) is 4. The predicted molar refractivity (Wildman–Crippen MR) is 111 cm³/mol. The molecule has 7 heteroatoms. The van der Waals surface area contributed by atoms with Crippen LogP contribution in [-0.4, -0.2) is 25.2 Å². The molecule has 0 saturated heterocycles. The largest absolute Gasteiger partial charge is 0.350 e. The summed E-state index contributed by atoms with van der Waals surface area (Å²) >= 11 is 0. The van der Waals surface area contributed by atoms with E-state index in [0.717, 1.165) is 22.4 Å². The third kappa shape index (κ3) is 3.67. The minimum absolute atomic E-state index is 0.0940. The maximum Gasteiger partial charge on any atom is 0.264 e. The number of rotatable bonds is 5. The van der Waals surface area contributed by atoms with Gasteiger partial charge in [0, 0.05) is 6.54 Å². The third-order valence-corrected chi connectivity index (χ3v) is 5.01. The van der Waals surface area contributed by atoms with Crippen molar-refractivity contribution in [3.8, 4) is 5.69 Å². The molecule has 4 rings (SSSR count). The van der Waals surface area contributed by atoms with Gasteiger partial charge in [-0.25, -0.2) is 9.67 Å². The number of carbonyl (C=O) groups is 1. The van der Waals surface area contributed by atoms with Crippen molar-refractivity contribution in [2.24, 2.45) is 0 Å². The molecule has 0 radical (unpaired) electrons. The summed E-state index contributed by atoms with van der Waals surface area (Å²) < 4.78 is 2.97. The molecule has 7 nitrogen and oxygen atoms in total. The summed E-state index contributed by atoms with van der Waals surface area (Å²) in [6.45, 7) is 4.35. The lowest BCUT2D eigenvalue weighted by molar-refractivity contribution is -0.121. The predicted octanol–water partition coefficient (Wildman–Crippen LogP) is 2.52. The fourth-order valence-electron chi connectivity index (χ4n) is 3.21. The summed E-state index contributed by atoms with van der Waals surface area (Å²) in [5.41, 5.74) is 4.27. The minimum Gasteiger partial charge on any atom is -0.350 e. The van der Waals surface area contributed by atoms with Crippen molar-refractivity contribution < 1.29 is 4.79 Å². The first-order valence-electron chi connectivity index (χ1n) is 9.35. The van der Waals surface area contributed by atoms with Crippen LogP contribution in [0.3, 0.4) is 0 Å². The molecule has 1 amide bonds. The van der Waals surface area contributed by atoms with Gasteiger partial charge in [0.1, 0.15) is 18.3 Å². The highest BCUT2D eigenvalue weighted by Gasteiger charge is 2.14. The van der Waals surface area contributed by atoms with Crippen LogP contribution in [0, 0.1) is 13.8 Å². The Hall–Kier alpha value is -3.74. The Labute approximate surface area is 167 Å². The van der Waals surface area contributed by atoms with Gasteiger partial charge in [-0.05, 0) is 36.6 Å².